The van der Waals surface area contributed by atoms with Crippen molar-refractivity contribution in [2.75, 3.05) is 21.1 Å². The molecule has 1 heterocycles. The van der Waals surface area contributed by atoms with Crippen molar-refractivity contribution < 1.29 is 9.69 Å². The van der Waals surface area contributed by atoms with Crippen LogP contribution in [0.3, 0.4) is 0 Å². The molecule has 1 aliphatic rings. The van der Waals surface area contributed by atoms with Crippen LogP contribution in [0.4, 0.5) is 0 Å². The molecule has 0 aromatic heterocycles. The molecule has 1 fully saturated rings. The Morgan fingerprint density at radius 1 is 1.00 bits per heavy atom. The first-order valence-corrected chi connectivity index (χ1v) is 5.77. The van der Waals surface area contributed by atoms with Gasteiger partial charge in [0.15, 0.2) is 0 Å². The molecule has 0 aromatic rings. The van der Waals surface area contributed by atoms with Gasteiger partial charge in [0.05, 0.1) is 27.2 Å². The van der Waals surface area contributed by atoms with Crippen LogP contribution in [0.25, 0.3) is 0 Å². The van der Waals surface area contributed by atoms with Crippen LogP contribution in [0.15, 0.2) is 0 Å². The Labute approximate surface area is 94.2 Å². The minimum absolute atomic E-state index is 0.127. The van der Waals surface area contributed by atoms with Crippen LogP contribution in [-0.2, 0) is 0 Å². The van der Waals surface area contributed by atoms with Gasteiger partial charge in [-0.2, -0.15) is 5.06 Å². The van der Waals surface area contributed by atoms with Crippen molar-refractivity contribution in [2.24, 2.45) is 0 Å². The maximum absolute atomic E-state index is 10.2. The number of rotatable bonds is 1. The van der Waals surface area contributed by atoms with Crippen molar-refractivity contribution in [3.05, 3.63) is 0 Å². The molecule has 0 spiro atoms. The van der Waals surface area contributed by atoms with Crippen molar-refractivity contribution in [2.45, 2.75) is 57.7 Å². The molecular formula is C12H27N2O+. The van der Waals surface area contributed by atoms with Gasteiger partial charge in [0.2, 0.25) is 0 Å². The molecule has 0 aliphatic carbocycles. The molecule has 1 rings (SSSR count). The maximum Gasteiger partial charge on any atom is 0.0921 e. The van der Waals surface area contributed by atoms with Crippen molar-refractivity contribution in [1.82, 2.24) is 5.06 Å². The van der Waals surface area contributed by atoms with Gasteiger partial charge < -0.3 is 9.69 Å². The van der Waals surface area contributed by atoms with Gasteiger partial charge in [0.25, 0.3) is 0 Å². The highest BCUT2D eigenvalue weighted by molar-refractivity contribution is 4.96. The van der Waals surface area contributed by atoms with Crippen LogP contribution < -0.4 is 0 Å². The lowest BCUT2D eigenvalue weighted by Crippen LogP contribution is -2.65. The van der Waals surface area contributed by atoms with E-state index in [1.807, 2.05) is 0 Å². The van der Waals surface area contributed by atoms with E-state index in [0.717, 1.165) is 17.3 Å². The summed E-state index contributed by atoms with van der Waals surface area (Å²) in [5.74, 6) is 0. The zero-order valence-corrected chi connectivity index (χ0v) is 11.3. The normalized spacial score (nSPS) is 28.0. The van der Waals surface area contributed by atoms with Crippen LogP contribution in [-0.4, -0.2) is 53.0 Å². The van der Waals surface area contributed by atoms with E-state index in [4.69, 9.17) is 0 Å². The van der Waals surface area contributed by atoms with Gasteiger partial charge in [0, 0.05) is 23.9 Å². The van der Waals surface area contributed by atoms with Gasteiger partial charge in [-0.1, -0.05) is 0 Å². The first-order valence-electron chi connectivity index (χ1n) is 5.77. The number of quaternary nitrogens is 1. The largest absolute Gasteiger partial charge is 0.328 e. The van der Waals surface area contributed by atoms with Gasteiger partial charge in [-0.25, -0.2) is 0 Å². The third kappa shape index (κ3) is 2.52. The zero-order valence-electron chi connectivity index (χ0n) is 11.3. The van der Waals surface area contributed by atoms with Crippen LogP contribution in [0.5, 0.6) is 0 Å². The second-order valence-corrected chi connectivity index (χ2v) is 7.11. The van der Waals surface area contributed by atoms with E-state index in [9.17, 15) is 5.21 Å². The molecule has 0 saturated carbocycles. The SMILES string of the molecule is CC1(C)CC([N+](C)(C)C)CC(C)(C)N1O. The minimum atomic E-state index is -0.127. The average Bonchev–Trinajstić information content (AvgIpc) is 1.97. The molecule has 0 atom stereocenters. The average molecular weight is 215 g/mol. The number of piperidine rings is 1. The maximum atomic E-state index is 10.2. The Kier molecular flexibility index (Phi) is 2.97. The van der Waals surface area contributed by atoms with E-state index in [0.29, 0.717) is 6.04 Å². The Bertz CT molecular complexity index is 222. The second kappa shape index (κ2) is 3.44. The van der Waals surface area contributed by atoms with E-state index >= 15 is 0 Å². The molecule has 0 bridgehead atoms. The van der Waals surface area contributed by atoms with Crippen LogP contribution in [0, 0.1) is 0 Å². The summed E-state index contributed by atoms with van der Waals surface area (Å²) in [4.78, 5) is 0. The smallest absolute Gasteiger partial charge is 0.0921 e. The van der Waals surface area contributed by atoms with E-state index in [2.05, 4.69) is 48.8 Å². The highest BCUT2D eigenvalue weighted by atomic mass is 16.5. The number of hydrogen-bond acceptors (Lipinski definition) is 2. The van der Waals surface area contributed by atoms with Crippen molar-refractivity contribution in [3.8, 4) is 0 Å². The second-order valence-electron chi connectivity index (χ2n) is 7.11. The number of hydroxylamine groups is 2. The van der Waals surface area contributed by atoms with Crippen LogP contribution in [0.2, 0.25) is 0 Å². The highest BCUT2D eigenvalue weighted by Gasteiger charge is 2.48. The number of hydrogen-bond donors (Lipinski definition) is 1. The number of nitrogens with zero attached hydrogens (tertiary/aromatic N) is 2. The van der Waals surface area contributed by atoms with Crippen molar-refractivity contribution in [1.29, 1.82) is 0 Å². The lowest BCUT2D eigenvalue weighted by Gasteiger charge is -2.54. The quantitative estimate of drug-likeness (QED) is 0.677. The van der Waals surface area contributed by atoms with E-state index in [-0.39, 0.29) is 11.1 Å². The van der Waals surface area contributed by atoms with Crippen molar-refractivity contribution >= 4 is 0 Å². The standard InChI is InChI=1S/C12H27N2O/c1-11(2)8-10(14(5,6)7)9-12(3,4)13(11)15/h10,15H,8-9H2,1-7H3/q+1. The monoisotopic (exact) mass is 215 g/mol. The van der Waals surface area contributed by atoms with Crippen LogP contribution >= 0.6 is 0 Å². The molecule has 1 N–H and O–H groups in total. The fourth-order valence-electron chi connectivity index (χ4n) is 2.77. The Morgan fingerprint density at radius 2 is 1.33 bits per heavy atom. The molecule has 3 nitrogen and oxygen atoms in total. The minimum Gasteiger partial charge on any atom is -0.328 e. The Hall–Kier alpha value is -0.120. The molecule has 0 amide bonds. The molecular weight excluding hydrogens is 188 g/mol. The molecule has 90 valence electrons. The third-order valence-electron chi connectivity index (χ3n) is 3.71. The summed E-state index contributed by atoms with van der Waals surface area (Å²) in [7, 11) is 6.72. The first kappa shape index (κ1) is 12.9. The van der Waals surface area contributed by atoms with Crippen LogP contribution in [0.1, 0.15) is 40.5 Å². The molecule has 15 heavy (non-hydrogen) atoms. The predicted molar refractivity (Wildman–Crippen MR) is 62.8 cm³/mol. The fourth-order valence-corrected chi connectivity index (χ4v) is 2.77. The molecule has 0 aromatic carbocycles. The summed E-state index contributed by atoms with van der Waals surface area (Å²) < 4.78 is 0.973. The molecule has 1 aliphatic heterocycles. The van der Waals surface area contributed by atoms with E-state index in [1.165, 1.54) is 0 Å². The van der Waals surface area contributed by atoms with Gasteiger partial charge >= 0.3 is 0 Å². The van der Waals surface area contributed by atoms with Gasteiger partial charge in [0.1, 0.15) is 0 Å². The fraction of sp³-hybridized carbons (Fsp3) is 1.00. The summed E-state index contributed by atoms with van der Waals surface area (Å²) in [6, 6.07) is 0.610. The summed E-state index contributed by atoms with van der Waals surface area (Å²) in [6.07, 6.45) is 2.08. The zero-order chi connectivity index (χ0) is 12.1. The predicted octanol–water partition coefficient (Wildman–Crippen LogP) is 2.10. The molecule has 0 unspecified atom stereocenters. The lowest BCUT2D eigenvalue weighted by molar-refractivity contribution is -0.899. The molecule has 3 heteroatoms. The third-order valence-corrected chi connectivity index (χ3v) is 3.71. The molecule has 0 radical (unpaired) electrons. The summed E-state index contributed by atoms with van der Waals surface area (Å²) in [5.41, 5.74) is -0.254. The van der Waals surface area contributed by atoms with E-state index in [1.54, 1.807) is 5.06 Å². The Balaban J connectivity index is 2.94. The lowest BCUT2D eigenvalue weighted by atomic mass is 9.78. The summed E-state index contributed by atoms with van der Waals surface area (Å²) >= 11 is 0. The van der Waals surface area contributed by atoms with E-state index < -0.39 is 0 Å². The summed E-state index contributed by atoms with van der Waals surface area (Å²) in [5, 5.41) is 11.7. The van der Waals surface area contributed by atoms with Gasteiger partial charge in [-0.15, -0.1) is 0 Å². The topological polar surface area (TPSA) is 23.5 Å². The molecule has 1 saturated heterocycles. The first-order chi connectivity index (χ1) is 6.47. The van der Waals surface area contributed by atoms with Gasteiger partial charge in [-0.3, -0.25) is 0 Å². The highest BCUT2D eigenvalue weighted by Crippen LogP contribution is 2.39. The summed E-state index contributed by atoms with van der Waals surface area (Å²) in [6.45, 7) is 8.49. The van der Waals surface area contributed by atoms with Gasteiger partial charge in [-0.05, 0) is 27.7 Å². The Morgan fingerprint density at radius 3 is 1.60 bits per heavy atom. The van der Waals surface area contributed by atoms with Crippen molar-refractivity contribution in [3.63, 3.8) is 0 Å².